The summed E-state index contributed by atoms with van der Waals surface area (Å²) < 4.78 is 5.64. The lowest BCUT2D eigenvalue weighted by Gasteiger charge is -2.25. The third kappa shape index (κ3) is 11.2. The van der Waals surface area contributed by atoms with Gasteiger partial charge in [0.1, 0.15) is 6.10 Å². The first kappa shape index (κ1) is 31.3. The number of nitrogens with two attached hydrogens (primary N) is 2. The Bertz CT molecular complexity index is 946. The summed E-state index contributed by atoms with van der Waals surface area (Å²) in [6.07, 6.45) is 9.31. The monoisotopic (exact) mass is 526 g/mol. The highest BCUT2D eigenvalue weighted by molar-refractivity contribution is 5.76. The zero-order chi connectivity index (χ0) is 27.9. The van der Waals surface area contributed by atoms with Gasteiger partial charge in [0.2, 0.25) is 5.91 Å². The molecule has 0 bridgehead atoms. The van der Waals surface area contributed by atoms with E-state index in [4.69, 9.17) is 16.2 Å². The highest BCUT2D eigenvalue weighted by Gasteiger charge is 2.22. The van der Waals surface area contributed by atoms with Gasteiger partial charge >= 0.3 is 6.09 Å². The summed E-state index contributed by atoms with van der Waals surface area (Å²) in [5.74, 6) is 0.829. The van der Waals surface area contributed by atoms with Crippen LogP contribution in [0.15, 0.2) is 41.1 Å². The van der Waals surface area contributed by atoms with E-state index < -0.39 is 0 Å². The van der Waals surface area contributed by atoms with E-state index in [0.29, 0.717) is 25.9 Å². The van der Waals surface area contributed by atoms with Gasteiger partial charge in [0.15, 0.2) is 0 Å². The second-order valence-electron chi connectivity index (χ2n) is 10.9. The van der Waals surface area contributed by atoms with Crippen molar-refractivity contribution in [3.63, 3.8) is 0 Å². The number of alkyl carbamates (subject to hydrolysis) is 1. The Labute approximate surface area is 229 Å². The summed E-state index contributed by atoms with van der Waals surface area (Å²) in [6, 6.07) is 8.07. The fourth-order valence-electron chi connectivity index (χ4n) is 4.81. The van der Waals surface area contributed by atoms with E-state index in [0.717, 1.165) is 84.5 Å². The van der Waals surface area contributed by atoms with E-state index in [1.165, 1.54) is 12.8 Å². The van der Waals surface area contributed by atoms with Crippen molar-refractivity contribution >= 4 is 17.7 Å². The molecule has 0 aromatic heterocycles. The number of carbonyl (C=O) groups excluding carboxylic acids is 2. The van der Waals surface area contributed by atoms with Crippen molar-refractivity contribution in [3.8, 4) is 0 Å². The van der Waals surface area contributed by atoms with Gasteiger partial charge in [-0.3, -0.25) is 4.79 Å². The second kappa shape index (κ2) is 16.8. The molecule has 2 amide bonds. The number of hydrogen-bond acceptors (Lipinski definition) is 5. The van der Waals surface area contributed by atoms with E-state index in [1.807, 2.05) is 38.1 Å². The van der Waals surface area contributed by atoms with Gasteiger partial charge in [-0.1, -0.05) is 64.3 Å². The van der Waals surface area contributed by atoms with Crippen LogP contribution in [-0.4, -0.2) is 24.6 Å². The van der Waals surface area contributed by atoms with E-state index >= 15 is 0 Å². The van der Waals surface area contributed by atoms with Gasteiger partial charge in [-0.25, -0.2) is 4.79 Å². The lowest BCUT2D eigenvalue weighted by Crippen LogP contribution is -2.30. The van der Waals surface area contributed by atoms with Crippen LogP contribution in [0.25, 0.3) is 5.70 Å². The van der Waals surface area contributed by atoms with Crippen molar-refractivity contribution in [2.75, 3.05) is 6.54 Å². The van der Waals surface area contributed by atoms with Gasteiger partial charge in [0.25, 0.3) is 0 Å². The van der Waals surface area contributed by atoms with Crippen molar-refractivity contribution in [2.45, 2.75) is 111 Å². The van der Waals surface area contributed by atoms with Crippen LogP contribution in [0.3, 0.4) is 0 Å². The predicted octanol–water partition coefficient (Wildman–Crippen LogP) is 6.28. The minimum absolute atomic E-state index is 0.105. The predicted molar refractivity (Wildman–Crippen MR) is 156 cm³/mol. The molecule has 0 spiro atoms. The number of benzene rings is 1. The van der Waals surface area contributed by atoms with Crippen molar-refractivity contribution < 1.29 is 14.3 Å². The number of ether oxygens (including phenoxy) is 1. The van der Waals surface area contributed by atoms with Crippen LogP contribution < -0.4 is 22.1 Å². The molecule has 212 valence electrons. The second-order valence-corrected chi connectivity index (χ2v) is 10.9. The highest BCUT2D eigenvalue weighted by atomic mass is 16.6. The maximum atomic E-state index is 12.2. The molecule has 7 nitrogen and oxygen atoms in total. The van der Waals surface area contributed by atoms with Crippen LogP contribution in [0, 0.1) is 5.92 Å². The van der Waals surface area contributed by atoms with Crippen LogP contribution in [0.1, 0.15) is 109 Å². The van der Waals surface area contributed by atoms with Gasteiger partial charge in [-0.2, -0.15) is 0 Å². The standard InChI is InChI=1S/C31H50N4O3/c1-5-20-34-31(37)38-26-11-9-12-28(27(19-18-26)23(4)32)30(33)25-16-14-24(15-17-25)21-35-29(36)13-8-6-7-10-22(2)3/h14-17,22,26H,5-13,18-21,32-33H2,1-4H3,(H,34,37)(H,35,36)/b27-23-,30-28-. The molecular weight excluding hydrogens is 476 g/mol. The summed E-state index contributed by atoms with van der Waals surface area (Å²) in [5, 5.41) is 5.81. The molecule has 6 N–H and O–H groups in total. The third-order valence-corrected chi connectivity index (χ3v) is 7.07. The van der Waals surface area contributed by atoms with Crippen LogP contribution >= 0.6 is 0 Å². The molecule has 0 saturated heterocycles. The lowest BCUT2D eigenvalue weighted by molar-refractivity contribution is -0.121. The quantitative estimate of drug-likeness (QED) is 0.239. The molecule has 0 heterocycles. The molecule has 1 unspecified atom stereocenters. The zero-order valence-corrected chi connectivity index (χ0v) is 24.0. The van der Waals surface area contributed by atoms with E-state index in [9.17, 15) is 9.59 Å². The molecule has 1 fully saturated rings. The Hall–Kier alpha value is -2.96. The number of unbranched alkanes of at least 4 members (excludes halogenated alkanes) is 2. The molecule has 7 heteroatoms. The molecule has 2 rings (SSSR count). The van der Waals surface area contributed by atoms with Crippen molar-refractivity contribution in [1.82, 2.24) is 10.6 Å². The van der Waals surface area contributed by atoms with Gasteiger partial charge in [-0.15, -0.1) is 0 Å². The van der Waals surface area contributed by atoms with Gasteiger partial charge < -0.3 is 26.8 Å². The molecule has 1 saturated carbocycles. The normalized spacial score (nSPS) is 18.8. The van der Waals surface area contributed by atoms with Crippen LogP contribution in [0.5, 0.6) is 0 Å². The largest absolute Gasteiger partial charge is 0.446 e. The first-order valence-corrected chi connectivity index (χ1v) is 14.5. The minimum atomic E-state index is -0.347. The molecule has 1 aliphatic rings. The summed E-state index contributed by atoms with van der Waals surface area (Å²) in [6.45, 7) is 9.52. The molecule has 0 aliphatic heterocycles. The van der Waals surface area contributed by atoms with Crippen LogP contribution in [0.2, 0.25) is 0 Å². The molecule has 1 aromatic rings. The Morgan fingerprint density at radius 1 is 1.00 bits per heavy atom. The SMILES string of the molecule is CCCNC(=O)OC1CCCC(=C(/N)c2ccc(CNC(=O)CCCCCC(C)C)cc2)/C(=C(/C)N)CC1. The Balaban J connectivity index is 1.95. The van der Waals surface area contributed by atoms with Crippen molar-refractivity contribution in [2.24, 2.45) is 17.4 Å². The molecule has 1 atom stereocenters. The number of rotatable bonds is 12. The van der Waals surface area contributed by atoms with Crippen molar-refractivity contribution in [1.29, 1.82) is 0 Å². The number of nitrogens with one attached hydrogen (secondary N) is 2. The maximum absolute atomic E-state index is 12.2. The fraction of sp³-hybridized carbons (Fsp3) is 0.613. The number of carbonyl (C=O) groups is 2. The van der Waals surface area contributed by atoms with Gasteiger partial charge in [0, 0.05) is 30.9 Å². The third-order valence-electron chi connectivity index (χ3n) is 7.07. The van der Waals surface area contributed by atoms with Gasteiger partial charge in [0.05, 0.1) is 0 Å². The summed E-state index contributed by atoms with van der Waals surface area (Å²) in [5.41, 5.74) is 18.6. The Morgan fingerprint density at radius 2 is 1.74 bits per heavy atom. The average Bonchev–Trinajstić information content (AvgIpc) is 2.87. The summed E-state index contributed by atoms with van der Waals surface area (Å²) in [4.78, 5) is 24.2. The van der Waals surface area contributed by atoms with E-state index in [2.05, 4.69) is 24.5 Å². The smallest absolute Gasteiger partial charge is 0.407 e. The van der Waals surface area contributed by atoms with Crippen LogP contribution in [-0.2, 0) is 16.1 Å². The Morgan fingerprint density at radius 3 is 2.39 bits per heavy atom. The first-order valence-electron chi connectivity index (χ1n) is 14.5. The number of amides is 2. The molecule has 0 radical (unpaired) electrons. The lowest BCUT2D eigenvalue weighted by atomic mass is 9.86. The molecule has 1 aliphatic carbocycles. The highest BCUT2D eigenvalue weighted by Crippen LogP contribution is 2.33. The summed E-state index contributed by atoms with van der Waals surface area (Å²) in [7, 11) is 0. The van der Waals surface area contributed by atoms with Crippen molar-refractivity contribution in [3.05, 3.63) is 52.2 Å². The number of hydrogen-bond donors (Lipinski definition) is 4. The summed E-state index contributed by atoms with van der Waals surface area (Å²) >= 11 is 0. The Kier molecular flexibility index (Phi) is 13.8. The maximum Gasteiger partial charge on any atom is 0.407 e. The molecular formula is C31H50N4O3. The van der Waals surface area contributed by atoms with Crippen LogP contribution in [0.4, 0.5) is 4.79 Å². The topological polar surface area (TPSA) is 119 Å². The average molecular weight is 527 g/mol. The molecule has 38 heavy (non-hydrogen) atoms. The first-order chi connectivity index (χ1) is 18.2. The fourth-order valence-corrected chi connectivity index (χ4v) is 4.81. The van der Waals surface area contributed by atoms with E-state index in [1.54, 1.807) is 0 Å². The number of allylic oxidation sites excluding steroid dienone is 3. The minimum Gasteiger partial charge on any atom is -0.446 e. The van der Waals surface area contributed by atoms with E-state index in [-0.39, 0.29) is 18.1 Å². The molecule has 1 aromatic carbocycles. The zero-order valence-electron chi connectivity index (χ0n) is 24.0. The van der Waals surface area contributed by atoms with Gasteiger partial charge in [-0.05, 0) is 80.1 Å².